The minimum atomic E-state index is -3.66. The molecule has 2 aliphatic rings. The fourth-order valence-corrected chi connectivity index (χ4v) is 6.41. The van der Waals surface area contributed by atoms with Crippen molar-refractivity contribution in [1.29, 1.82) is 0 Å². The Morgan fingerprint density at radius 2 is 1.91 bits per heavy atom. The normalized spacial score (nSPS) is 18.6. The van der Waals surface area contributed by atoms with Crippen LogP contribution in [0.1, 0.15) is 30.9 Å². The van der Waals surface area contributed by atoms with Gasteiger partial charge in [-0.25, -0.2) is 8.42 Å². The molecule has 1 saturated heterocycles. The van der Waals surface area contributed by atoms with Crippen LogP contribution in [0.3, 0.4) is 0 Å². The van der Waals surface area contributed by atoms with Crippen LogP contribution in [0.15, 0.2) is 39.9 Å². The van der Waals surface area contributed by atoms with E-state index in [1.807, 2.05) is 19.5 Å². The van der Waals surface area contributed by atoms with Crippen LogP contribution < -0.4 is 14.8 Å². The number of nitrogens with zero attached hydrogens (tertiary/aromatic N) is 2. The molecule has 1 unspecified atom stereocenters. The molecule has 2 aliphatic heterocycles. The molecule has 2 aromatic rings. The van der Waals surface area contributed by atoms with E-state index in [1.54, 1.807) is 29.5 Å². The third-order valence-corrected chi connectivity index (χ3v) is 8.80. The van der Waals surface area contributed by atoms with Gasteiger partial charge < -0.3 is 19.7 Å². The molecule has 3 heterocycles. The number of carbonyl (C=O) groups is 1. The first-order chi connectivity index (χ1) is 15.9. The minimum Gasteiger partial charge on any atom is -0.490 e. The van der Waals surface area contributed by atoms with Crippen LogP contribution in [0.2, 0.25) is 0 Å². The number of piperidine rings is 1. The van der Waals surface area contributed by atoms with Gasteiger partial charge in [0.05, 0.1) is 24.2 Å². The number of nitrogens with one attached hydrogen (secondary N) is 1. The average Bonchev–Trinajstić information content (AvgIpc) is 3.23. The number of thiophene rings is 1. The molecule has 8 nitrogen and oxygen atoms in total. The highest BCUT2D eigenvalue weighted by Gasteiger charge is 2.33. The highest BCUT2D eigenvalue weighted by atomic mass is 32.2. The largest absolute Gasteiger partial charge is 0.490 e. The van der Waals surface area contributed by atoms with Crippen molar-refractivity contribution < 1.29 is 22.7 Å². The van der Waals surface area contributed by atoms with Gasteiger partial charge in [-0.1, -0.05) is 0 Å². The summed E-state index contributed by atoms with van der Waals surface area (Å²) in [5.41, 5.74) is 1.18. The lowest BCUT2D eigenvalue weighted by Gasteiger charge is -2.31. The predicted molar refractivity (Wildman–Crippen MR) is 127 cm³/mol. The van der Waals surface area contributed by atoms with Crippen molar-refractivity contribution in [3.05, 3.63) is 40.6 Å². The van der Waals surface area contributed by atoms with Crippen molar-refractivity contribution in [2.24, 2.45) is 5.92 Å². The number of sulfonamides is 1. The quantitative estimate of drug-likeness (QED) is 0.638. The molecule has 1 fully saturated rings. The van der Waals surface area contributed by atoms with Crippen LogP contribution in [0.4, 0.5) is 0 Å². The van der Waals surface area contributed by atoms with Gasteiger partial charge in [-0.05, 0) is 61.5 Å². The second kappa shape index (κ2) is 10.4. The molecule has 33 heavy (non-hydrogen) atoms. The summed E-state index contributed by atoms with van der Waals surface area (Å²) in [4.78, 5) is 15.1. The van der Waals surface area contributed by atoms with Crippen LogP contribution in [-0.4, -0.2) is 70.5 Å². The molecule has 0 aliphatic carbocycles. The van der Waals surface area contributed by atoms with Crippen molar-refractivity contribution in [3.8, 4) is 11.5 Å². The zero-order chi connectivity index (χ0) is 23.4. The molecule has 1 aromatic carbocycles. The van der Waals surface area contributed by atoms with Gasteiger partial charge >= 0.3 is 0 Å². The number of rotatable bonds is 7. The van der Waals surface area contributed by atoms with Gasteiger partial charge in [0.25, 0.3) is 0 Å². The van der Waals surface area contributed by atoms with Gasteiger partial charge in [0, 0.05) is 38.0 Å². The Kier molecular flexibility index (Phi) is 7.58. The van der Waals surface area contributed by atoms with Crippen LogP contribution in [0.25, 0.3) is 0 Å². The second-order valence-corrected chi connectivity index (χ2v) is 11.3. The predicted octanol–water partition coefficient (Wildman–Crippen LogP) is 2.73. The molecule has 10 heteroatoms. The molecule has 0 saturated carbocycles. The molecule has 0 radical (unpaired) electrons. The first-order valence-corrected chi connectivity index (χ1v) is 13.6. The Balaban J connectivity index is 1.34. The number of ether oxygens (including phenoxy) is 2. The lowest BCUT2D eigenvalue weighted by atomic mass is 9.97. The molecule has 0 spiro atoms. The third-order valence-electron chi connectivity index (χ3n) is 6.20. The Hall–Kier alpha value is -2.14. The zero-order valence-corrected chi connectivity index (χ0v) is 20.7. The third kappa shape index (κ3) is 5.51. The van der Waals surface area contributed by atoms with Gasteiger partial charge in [-0.2, -0.15) is 15.6 Å². The summed E-state index contributed by atoms with van der Waals surface area (Å²) in [7, 11) is 0.332. The molecule has 1 amide bonds. The van der Waals surface area contributed by atoms with E-state index in [4.69, 9.17) is 9.47 Å². The number of fused-ring (bicyclic) bond motifs is 1. The number of benzene rings is 1. The number of amides is 1. The summed E-state index contributed by atoms with van der Waals surface area (Å²) in [6.07, 6.45) is 1.76. The Morgan fingerprint density at radius 3 is 2.58 bits per heavy atom. The van der Waals surface area contributed by atoms with Crippen LogP contribution in [-0.2, 0) is 14.8 Å². The van der Waals surface area contributed by atoms with Crippen LogP contribution in [0.5, 0.6) is 11.5 Å². The Bertz CT molecular complexity index is 1050. The summed E-state index contributed by atoms with van der Waals surface area (Å²) in [5, 5.41) is 7.20. The molecule has 0 bridgehead atoms. The molecular formula is C23H31N3O5S2. The zero-order valence-electron chi connectivity index (χ0n) is 19.0. The van der Waals surface area contributed by atoms with E-state index < -0.39 is 10.0 Å². The smallest absolute Gasteiger partial charge is 0.243 e. The highest BCUT2D eigenvalue weighted by molar-refractivity contribution is 7.89. The van der Waals surface area contributed by atoms with Crippen LogP contribution >= 0.6 is 11.3 Å². The second-order valence-electron chi connectivity index (χ2n) is 8.62. The maximum atomic E-state index is 13.2. The lowest BCUT2D eigenvalue weighted by molar-refractivity contribution is -0.126. The summed E-state index contributed by atoms with van der Waals surface area (Å²) in [5.74, 6) is 0.833. The van der Waals surface area contributed by atoms with E-state index in [1.165, 1.54) is 9.87 Å². The van der Waals surface area contributed by atoms with Crippen LogP contribution in [0, 0.1) is 5.92 Å². The monoisotopic (exact) mass is 493 g/mol. The maximum Gasteiger partial charge on any atom is 0.243 e. The molecule has 4 rings (SSSR count). The molecule has 180 valence electrons. The van der Waals surface area contributed by atoms with E-state index in [-0.39, 0.29) is 22.8 Å². The molecular weight excluding hydrogens is 462 g/mol. The minimum absolute atomic E-state index is 0.00953. The van der Waals surface area contributed by atoms with Gasteiger partial charge in [0.1, 0.15) is 0 Å². The summed E-state index contributed by atoms with van der Waals surface area (Å²) in [6, 6.07) is 6.95. The summed E-state index contributed by atoms with van der Waals surface area (Å²) in [6.45, 7) is 2.21. The van der Waals surface area contributed by atoms with Gasteiger partial charge in [-0.15, -0.1) is 0 Å². The lowest BCUT2D eigenvalue weighted by Crippen LogP contribution is -2.44. The summed E-state index contributed by atoms with van der Waals surface area (Å²) >= 11 is 1.64. The van der Waals surface area contributed by atoms with E-state index in [0.717, 1.165) is 6.42 Å². The number of likely N-dealkylation sites (N-methyl/N-ethyl adjacent to an activating group) is 1. The van der Waals surface area contributed by atoms with Crippen molar-refractivity contribution in [2.45, 2.75) is 30.2 Å². The van der Waals surface area contributed by atoms with Gasteiger partial charge in [0.15, 0.2) is 11.5 Å². The number of carbonyl (C=O) groups excluding carboxylic acids is 1. The number of hydrogen-bond donors (Lipinski definition) is 1. The molecule has 1 aromatic heterocycles. The Labute approximate surface area is 199 Å². The summed E-state index contributed by atoms with van der Waals surface area (Å²) < 4.78 is 39.1. The SMILES string of the molecule is CN(C)C(CNC(=O)C1CCN(S(=O)(=O)c2ccc3c(c2)OCCCO3)CC1)c1ccsc1. The van der Waals surface area contributed by atoms with E-state index in [9.17, 15) is 13.2 Å². The number of hydrogen-bond acceptors (Lipinski definition) is 7. The molecule has 1 atom stereocenters. The highest BCUT2D eigenvalue weighted by Crippen LogP contribution is 2.34. The van der Waals surface area contributed by atoms with Crippen molar-refractivity contribution in [1.82, 2.24) is 14.5 Å². The first kappa shape index (κ1) is 24.0. The van der Waals surface area contributed by atoms with E-state index >= 15 is 0 Å². The molecule has 1 N–H and O–H groups in total. The average molecular weight is 494 g/mol. The fourth-order valence-electron chi connectivity index (χ4n) is 4.22. The Morgan fingerprint density at radius 1 is 1.18 bits per heavy atom. The van der Waals surface area contributed by atoms with Gasteiger partial charge in [0.2, 0.25) is 15.9 Å². The topological polar surface area (TPSA) is 88.2 Å². The standard InChI is InChI=1S/C23H31N3O5S2/c1-25(2)20(18-8-13-32-16-18)15-24-23(27)17-6-9-26(10-7-17)33(28,29)19-4-5-21-22(14-19)31-12-3-11-30-21/h4-5,8,13-14,16-17,20H,3,6-7,9-12,15H2,1-2H3,(H,24,27). The first-order valence-electron chi connectivity index (χ1n) is 11.2. The fraction of sp³-hybridized carbons (Fsp3) is 0.522. The van der Waals surface area contributed by atoms with E-state index in [0.29, 0.717) is 57.2 Å². The van der Waals surface area contributed by atoms with Crippen molar-refractivity contribution in [3.63, 3.8) is 0 Å². The van der Waals surface area contributed by atoms with Crippen molar-refractivity contribution >= 4 is 27.3 Å². The van der Waals surface area contributed by atoms with E-state index in [2.05, 4.69) is 21.7 Å². The van der Waals surface area contributed by atoms with Crippen molar-refractivity contribution in [2.75, 3.05) is 46.9 Å². The maximum absolute atomic E-state index is 13.2. The van der Waals surface area contributed by atoms with Gasteiger partial charge in [-0.3, -0.25) is 4.79 Å².